The highest BCUT2D eigenvalue weighted by atomic mass is 16.1. The van der Waals surface area contributed by atoms with Crippen LogP contribution in [-0.2, 0) is 18.4 Å². The molecular formula is C15H22N6O. The molecule has 1 aliphatic heterocycles. The fourth-order valence-electron chi connectivity index (χ4n) is 2.74. The van der Waals surface area contributed by atoms with E-state index in [2.05, 4.69) is 20.4 Å². The minimum absolute atomic E-state index is 0.00736. The van der Waals surface area contributed by atoms with E-state index in [-0.39, 0.29) is 5.91 Å². The van der Waals surface area contributed by atoms with Gasteiger partial charge in [-0.05, 0) is 25.8 Å². The zero-order valence-electron chi connectivity index (χ0n) is 13.1. The van der Waals surface area contributed by atoms with Crippen LogP contribution < -0.4 is 10.2 Å². The van der Waals surface area contributed by atoms with Crippen LogP contribution in [-0.4, -0.2) is 38.6 Å². The summed E-state index contributed by atoms with van der Waals surface area (Å²) in [4.78, 5) is 14.5. The number of hydrogen-bond donors (Lipinski definition) is 1. The van der Waals surface area contributed by atoms with E-state index >= 15 is 0 Å². The van der Waals surface area contributed by atoms with Gasteiger partial charge >= 0.3 is 0 Å². The summed E-state index contributed by atoms with van der Waals surface area (Å²) < 4.78 is 3.59. The number of carbonyl (C=O) groups excluding carboxylic acids is 1. The zero-order valence-corrected chi connectivity index (χ0v) is 13.1. The van der Waals surface area contributed by atoms with E-state index in [4.69, 9.17) is 0 Å². The molecule has 0 atom stereocenters. The van der Waals surface area contributed by atoms with Crippen molar-refractivity contribution in [2.45, 2.75) is 32.7 Å². The molecule has 2 aromatic rings. The van der Waals surface area contributed by atoms with Gasteiger partial charge in [-0.25, -0.2) is 0 Å². The van der Waals surface area contributed by atoms with Crippen LogP contribution in [0.25, 0.3) is 0 Å². The molecule has 3 heterocycles. The Kier molecular flexibility index (Phi) is 4.13. The lowest BCUT2D eigenvalue weighted by molar-refractivity contribution is -0.116. The lowest BCUT2D eigenvalue weighted by atomic mass is 10.3. The molecule has 1 fully saturated rings. The molecule has 0 bridgehead atoms. The topological polar surface area (TPSA) is 68.0 Å². The lowest BCUT2D eigenvalue weighted by Gasteiger charge is -2.16. The monoisotopic (exact) mass is 302 g/mol. The minimum Gasteiger partial charge on any atom is -0.353 e. The maximum absolute atomic E-state index is 12.2. The van der Waals surface area contributed by atoms with Crippen LogP contribution in [0, 0.1) is 6.92 Å². The number of nitrogens with zero attached hydrogens (tertiary/aromatic N) is 5. The van der Waals surface area contributed by atoms with Crippen LogP contribution in [0.15, 0.2) is 18.5 Å². The Bertz CT molecular complexity index is 639. The molecule has 1 saturated heterocycles. The summed E-state index contributed by atoms with van der Waals surface area (Å²) in [6.45, 7) is 4.58. The van der Waals surface area contributed by atoms with Crippen LogP contribution in [0.5, 0.6) is 0 Å². The van der Waals surface area contributed by atoms with Crippen molar-refractivity contribution in [3.63, 3.8) is 0 Å². The number of hydrogen-bond acceptors (Lipinski definition) is 4. The molecule has 0 unspecified atom stereocenters. The van der Waals surface area contributed by atoms with E-state index in [0.717, 1.165) is 30.3 Å². The highest BCUT2D eigenvalue weighted by molar-refractivity contribution is 5.94. The molecule has 0 saturated carbocycles. The Morgan fingerprint density at radius 2 is 2.14 bits per heavy atom. The first-order valence-corrected chi connectivity index (χ1v) is 7.71. The lowest BCUT2D eigenvalue weighted by Crippen LogP contribution is -2.21. The van der Waals surface area contributed by atoms with Gasteiger partial charge < -0.3 is 10.2 Å². The Morgan fingerprint density at radius 1 is 1.36 bits per heavy atom. The molecule has 7 nitrogen and oxygen atoms in total. The Morgan fingerprint density at radius 3 is 2.82 bits per heavy atom. The average Bonchev–Trinajstić information content (AvgIpc) is 3.23. The third kappa shape index (κ3) is 2.98. The maximum atomic E-state index is 12.2. The van der Waals surface area contributed by atoms with Crippen LogP contribution in [0.3, 0.4) is 0 Å². The van der Waals surface area contributed by atoms with Crippen LogP contribution >= 0.6 is 0 Å². The second-order valence-corrected chi connectivity index (χ2v) is 5.67. The summed E-state index contributed by atoms with van der Waals surface area (Å²) in [5, 5.41) is 11.7. The van der Waals surface area contributed by atoms with E-state index in [1.54, 1.807) is 10.9 Å². The fourth-order valence-corrected chi connectivity index (χ4v) is 2.74. The van der Waals surface area contributed by atoms with E-state index in [1.165, 1.54) is 12.8 Å². The maximum Gasteiger partial charge on any atom is 0.226 e. The fraction of sp³-hybridized carbons (Fsp3) is 0.533. The quantitative estimate of drug-likeness (QED) is 0.910. The highest BCUT2D eigenvalue weighted by Gasteiger charge is 2.22. The summed E-state index contributed by atoms with van der Waals surface area (Å²) >= 11 is 0. The van der Waals surface area contributed by atoms with E-state index < -0.39 is 0 Å². The second-order valence-electron chi connectivity index (χ2n) is 5.67. The van der Waals surface area contributed by atoms with E-state index in [1.807, 2.05) is 30.9 Å². The molecule has 1 aliphatic rings. The van der Waals surface area contributed by atoms with Crippen LogP contribution in [0.2, 0.25) is 0 Å². The van der Waals surface area contributed by atoms with Crippen molar-refractivity contribution in [1.29, 1.82) is 0 Å². The standard InChI is InChI=1S/C15H22N6O/c1-12-14(15(18-19(12)2)20-8-3-4-9-20)17-13(22)6-11-21-10-5-7-16-21/h5,7,10H,3-4,6,8-9,11H2,1-2H3,(H,17,22). The molecule has 0 aliphatic carbocycles. The summed E-state index contributed by atoms with van der Waals surface area (Å²) in [6.07, 6.45) is 6.34. The molecule has 1 amide bonds. The molecule has 0 aromatic carbocycles. The van der Waals surface area contributed by atoms with E-state index in [0.29, 0.717) is 13.0 Å². The summed E-state index contributed by atoms with van der Waals surface area (Å²) in [5.41, 5.74) is 1.82. The SMILES string of the molecule is Cc1c(NC(=O)CCn2cccn2)c(N2CCCC2)nn1C. The molecule has 0 radical (unpaired) electrons. The van der Waals surface area contributed by atoms with Crippen molar-refractivity contribution in [2.24, 2.45) is 7.05 Å². The average molecular weight is 302 g/mol. The highest BCUT2D eigenvalue weighted by Crippen LogP contribution is 2.30. The van der Waals surface area contributed by atoms with Gasteiger partial charge in [0, 0.05) is 45.5 Å². The van der Waals surface area contributed by atoms with Crippen LogP contribution in [0.4, 0.5) is 11.5 Å². The number of nitrogens with one attached hydrogen (secondary N) is 1. The van der Waals surface area contributed by atoms with Gasteiger partial charge in [0.05, 0.1) is 5.69 Å². The molecule has 22 heavy (non-hydrogen) atoms. The normalized spacial score (nSPS) is 14.5. The molecular weight excluding hydrogens is 280 g/mol. The van der Waals surface area contributed by atoms with Crippen molar-refractivity contribution >= 4 is 17.4 Å². The number of amides is 1. The molecule has 1 N–H and O–H groups in total. The first-order chi connectivity index (χ1) is 10.6. The van der Waals surface area contributed by atoms with Gasteiger partial charge in [0.1, 0.15) is 5.69 Å². The second kappa shape index (κ2) is 6.21. The Labute approximate surface area is 129 Å². The van der Waals surface area contributed by atoms with Gasteiger partial charge in [0.15, 0.2) is 5.82 Å². The van der Waals surface area contributed by atoms with Gasteiger partial charge in [-0.1, -0.05) is 0 Å². The molecule has 3 rings (SSSR count). The molecule has 7 heteroatoms. The first-order valence-electron chi connectivity index (χ1n) is 7.71. The summed E-state index contributed by atoms with van der Waals surface area (Å²) in [6, 6.07) is 1.86. The molecule has 118 valence electrons. The zero-order chi connectivity index (χ0) is 15.5. The van der Waals surface area contributed by atoms with Crippen LogP contribution in [0.1, 0.15) is 25.0 Å². The van der Waals surface area contributed by atoms with Crippen molar-refractivity contribution in [3.05, 3.63) is 24.2 Å². The molecule has 0 spiro atoms. The summed E-state index contributed by atoms with van der Waals surface area (Å²) in [7, 11) is 1.91. The number of aryl methyl sites for hydroxylation is 2. The number of aromatic nitrogens is 4. The predicted octanol–water partition coefficient (Wildman–Crippen LogP) is 1.55. The summed E-state index contributed by atoms with van der Waals surface area (Å²) in [5.74, 6) is 0.886. The Hall–Kier alpha value is -2.31. The van der Waals surface area contributed by atoms with Crippen molar-refractivity contribution in [1.82, 2.24) is 19.6 Å². The number of anilines is 2. The van der Waals surface area contributed by atoms with Crippen molar-refractivity contribution in [2.75, 3.05) is 23.3 Å². The van der Waals surface area contributed by atoms with E-state index in [9.17, 15) is 4.79 Å². The number of carbonyl (C=O) groups is 1. The minimum atomic E-state index is -0.00736. The van der Waals surface area contributed by atoms with Gasteiger partial charge in [-0.2, -0.15) is 10.2 Å². The van der Waals surface area contributed by atoms with Crippen molar-refractivity contribution in [3.8, 4) is 0 Å². The number of rotatable bonds is 5. The van der Waals surface area contributed by atoms with Gasteiger partial charge in [-0.15, -0.1) is 0 Å². The third-order valence-electron chi connectivity index (χ3n) is 4.11. The third-order valence-corrected chi connectivity index (χ3v) is 4.11. The van der Waals surface area contributed by atoms with Crippen molar-refractivity contribution < 1.29 is 4.79 Å². The molecule has 2 aromatic heterocycles. The smallest absolute Gasteiger partial charge is 0.226 e. The Balaban J connectivity index is 1.69. The first kappa shape index (κ1) is 14.6. The predicted molar refractivity (Wildman–Crippen MR) is 84.9 cm³/mol. The van der Waals surface area contributed by atoms with Gasteiger partial charge in [0.2, 0.25) is 5.91 Å². The van der Waals surface area contributed by atoms with Gasteiger partial charge in [0.25, 0.3) is 0 Å². The van der Waals surface area contributed by atoms with Gasteiger partial charge in [-0.3, -0.25) is 14.2 Å². The largest absolute Gasteiger partial charge is 0.353 e.